The molecule has 0 aromatic carbocycles. The van der Waals surface area contributed by atoms with E-state index in [1.165, 1.54) is 37.7 Å². The summed E-state index contributed by atoms with van der Waals surface area (Å²) in [6, 6.07) is 0.384. The number of rotatable bonds is 0. The van der Waals surface area contributed by atoms with Gasteiger partial charge in [-0.05, 0) is 67.8 Å². The molecule has 4 rings (SSSR count). The molecule has 4 aliphatic rings. The Morgan fingerprint density at radius 2 is 2.00 bits per heavy atom. The lowest BCUT2D eigenvalue weighted by Crippen LogP contribution is -2.59. The monoisotopic (exact) mass is 333 g/mol. The lowest BCUT2D eigenvalue weighted by atomic mass is 9.48. The van der Waals surface area contributed by atoms with Gasteiger partial charge in [-0.15, -0.1) is 0 Å². The van der Waals surface area contributed by atoms with Crippen molar-refractivity contribution in [2.24, 2.45) is 28.6 Å². The molecule has 0 saturated heterocycles. The van der Waals surface area contributed by atoms with Crippen LogP contribution in [0.15, 0.2) is 23.3 Å². The number of hydrogen-bond acceptors (Lipinski definition) is 1. The maximum absolute atomic E-state index is 12.1. The Kier molecular flexibility index (Phi) is 3.50. The first-order valence-corrected chi connectivity index (χ1v) is 9.61. The summed E-state index contributed by atoms with van der Waals surface area (Å²) < 4.78 is 0. The molecule has 0 spiro atoms. The lowest BCUT2D eigenvalue weighted by Gasteiger charge is -2.59. The molecule has 23 heavy (non-hydrogen) atoms. The predicted molar refractivity (Wildman–Crippen MR) is 94.0 cm³/mol. The highest BCUT2D eigenvalue weighted by molar-refractivity contribution is 6.25. The number of carbonyl (C=O) groups is 1. The second-order valence-corrected chi connectivity index (χ2v) is 8.97. The molecule has 1 heterocycles. The third-order valence-corrected chi connectivity index (χ3v) is 8.37. The molecule has 0 N–H and O–H groups in total. The van der Waals surface area contributed by atoms with Gasteiger partial charge in [0.15, 0.2) is 0 Å². The third-order valence-electron chi connectivity index (χ3n) is 8.11. The van der Waals surface area contributed by atoms with Crippen LogP contribution in [0.4, 0.5) is 0 Å². The summed E-state index contributed by atoms with van der Waals surface area (Å²) in [6.07, 6.45) is 11.5. The number of carbonyl (C=O) groups excluding carboxylic acids is 1. The third kappa shape index (κ3) is 1.97. The zero-order chi connectivity index (χ0) is 16.4. The van der Waals surface area contributed by atoms with Crippen LogP contribution in [-0.2, 0) is 4.79 Å². The van der Waals surface area contributed by atoms with E-state index in [0.717, 1.165) is 18.3 Å². The van der Waals surface area contributed by atoms with Gasteiger partial charge in [-0.2, -0.15) is 0 Å². The molecule has 2 nitrogen and oxygen atoms in total. The molecule has 126 valence electrons. The van der Waals surface area contributed by atoms with Crippen molar-refractivity contribution in [1.29, 1.82) is 0 Å². The number of halogens is 1. The summed E-state index contributed by atoms with van der Waals surface area (Å²) in [6.45, 7) is 4.86. The van der Waals surface area contributed by atoms with Crippen LogP contribution < -0.4 is 0 Å². The molecule has 0 aromatic rings. The summed E-state index contributed by atoms with van der Waals surface area (Å²) in [4.78, 5) is 14.1. The van der Waals surface area contributed by atoms with E-state index in [0.29, 0.717) is 17.4 Å². The van der Waals surface area contributed by atoms with Crippen LogP contribution in [0.1, 0.15) is 52.4 Å². The first-order valence-electron chi connectivity index (χ1n) is 9.17. The smallest absolute Gasteiger partial charge is 0.246 e. The second-order valence-electron chi connectivity index (χ2n) is 8.75. The van der Waals surface area contributed by atoms with Crippen LogP contribution in [0.25, 0.3) is 0 Å². The molecule has 3 fully saturated rings. The van der Waals surface area contributed by atoms with Gasteiger partial charge in [0.2, 0.25) is 5.91 Å². The van der Waals surface area contributed by atoms with Crippen LogP contribution in [-0.4, -0.2) is 23.9 Å². The fraction of sp³-hybridized carbons (Fsp3) is 0.750. The minimum Gasteiger partial charge on any atom is -0.338 e. The van der Waals surface area contributed by atoms with Gasteiger partial charge >= 0.3 is 0 Å². The second kappa shape index (κ2) is 5.12. The molecule has 3 saturated carbocycles. The largest absolute Gasteiger partial charge is 0.338 e. The first-order chi connectivity index (χ1) is 10.9. The molecule has 0 radical (unpaired) electrons. The number of nitrogens with zero attached hydrogens (tertiary/aromatic N) is 1. The maximum atomic E-state index is 12.1. The molecular formula is C20H28ClNO. The van der Waals surface area contributed by atoms with Gasteiger partial charge in [0, 0.05) is 24.0 Å². The Morgan fingerprint density at radius 1 is 1.22 bits per heavy atom. The zero-order valence-corrected chi connectivity index (χ0v) is 15.3. The van der Waals surface area contributed by atoms with Gasteiger partial charge in [0.05, 0.1) is 0 Å². The van der Waals surface area contributed by atoms with Gasteiger partial charge < -0.3 is 4.90 Å². The summed E-state index contributed by atoms with van der Waals surface area (Å²) in [7, 11) is 1.99. The topological polar surface area (TPSA) is 20.3 Å². The summed E-state index contributed by atoms with van der Waals surface area (Å²) in [5, 5.41) is 0. The highest BCUT2D eigenvalue weighted by Gasteiger charge is 2.59. The van der Waals surface area contributed by atoms with Crippen molar-refractivity contribution in [3.63, 3.8) is 0 Å². The van der Waals surface area contributed by atoms with Crippen LogP contribution in [0, 0.1) is 28.6 Å². The SMILES string of the molecule is CN1C(=O)C=C[C@]2(C)[C@H]3CC[C@]4(C)/C(=C/Cl)CC[C@H]4[C@@H]3CC[C@@H]12. The first kappa shape index (κ1) is 15.7. The van der Waals surface area contributed by atoms with Crippen molar-refractivity contribution in [2.45, 2.75) is 58.4 Å². The van der Waals surface area contributed by atoms with E-state index in [1.54, 1.807) is 0 Å². The van der Waals surface area contributed by atoms with Crippen molar-refractivity contribution in [2.75, 3.05) is 7.05 Å². The van der Waals surface area contributed by atoms with Crippen molar-refractivity contribution in [3.8, 4) is 0 Å². The van der Waals surface area contributed by atoms with Crippen molar-refractivity contribution < 1.29 is 4.79 Å². The molecule has 6 atom stereocenters. The van der Waals surface area contributed by atoms with Crippen LogP contribution >= 0.6 is 11.6 Å². The number of allylic oxidation sites excluding steroid dienone is 1. The van der Waals surface area contributed by atoms with Crippen LogP contribution in [0.3, 0.4) is 0 Å². The van der Waals surface area contributed by atoms with Gasteiger partial charge in [-0.25, -0.2) is 0 Å². The predicted octanol–water partition coefficient (Wildman–Crippen LogP) is 4.75. The van der Waals surface area contributed by atoms with E-state index in [4.69, 9.17) is 11.6 Å². The average molecular weight is 334 g/mol. The molecule has 1 aliphatic heterocycles. The Labute approximate surface area is 144 Å². The van der Waals surface area contributed by atoms with E-state index >= 15 is 0 Å². The Bertz CT molecular complexity index is 596. The minimum atomic E-state index is 0.153. The molecule has 3 aliphatic carbocycles. The molecule has 0 aromatic heterocycles. The Morgan fingerprint density at radius 3 is 2.74 bits per heavy atom. The van der Waals surface area contributed by atoms with E-state index in [-0.39, 0.29) is 11.3 Å². The Balaban J connectivity index is 1.70. The van der Waals surface area contributed by atoms with E-state index in [2.05, 4.69) is 19.9 Å². The van der Waals surface area contributed by atoms with Crippen molar-refractivity contribution >= 4 is 17.5 Å². The average Bonchev–Trinajstić information content (AvgIpc) is 2.88. The minimum absolute atomic E-state index is 0.153. The summed E-state index contributed by atoms with van der Waals surface area (Å²) >= 11 is 6.15. The highest BCUT2D eigenvalue weighted by Crippen LogP contribution is 2.65. The molecular weight excluding hydrogens is 306 g/mol. The van der Waals surface area contributed by atoms with Gasteiger partial charge in [0.25, 0.3) is 0 Å². The molecule has 0 unspecified atom stereocenters. The summed E-state index contributed by atoms with van der Waals surface area (Å²) in [5.41, 5.74) is 3.84. The molecule has 1 amide bonds. The van der Waals surface area contributed by atoms with E-state index in [1.807, 2.05) is 23.6 Å². The number of likely N-dealkylation sites (N-methyl/N-ethyl adjacent to an activating group) is 1. The molecule has 3 heteroatoms. The maximum Gasteiger partial charge on any atom is 0.246 e. The van der Waals surface area contributed by atoms with Gasteiger partial charge in [0.1, 0.15) is 0 Å². The normalized spacial score (nSPS) is 50.7. The fourth-order valence-corrected chi connectivity index (χ4v) is 7.12. The quantitative estimate of drug-likeness (QED) is 0.626. The van der Waals surface area contributed by atoms with Crippen LogP contribution in [0.5, 0.6) is 0 Å². The highest BCUT2D eigenvalue weighted by atomic mass is 35.5. The van der Waals surface area contributed by atoms with Crippen LogP contribution in [0.2, 0.25) is 0 Å². The van der Waals surface area contributed by atoms with Crippen molar-refractivity contribution in [3.05, 3.63) is 23.3 Å². The fourth-order valence-electron chi connectivity index (χ4n) is 6.77. The Hall–Kier alpha value is -0.760. The van der Waals surface area contributed by atoms with Gasteiger partial charge in [-0.3, -0.25) is 4.79 Å². The van der Waals surface area contributed by atoms with E-state index in [9.17, 15) is 4.79 Å². The number of amides is 1. The van der Waals surface area contributed by atoms with Gasteiger partial charge in [-0.1, -0.05) is 37.1 Å². The molecule has 0 bridgehead atoms. The lowest BCUT2D eigenvalue weighted by molar-refractivity contribution is -0.137. The number of fused-ring (bicyclic) bond motifs is 5. The standard InChI is InChI=1S/C20H28ClNO/c1-19-10-8-16-14(15(19)6-4-13(19)12-21)5-7-17-20(16,2)11-9-18(23)22(17)3/h9,11-12,14-17H,4-8,10H2,1-3H3/b13-12+/t14-,15-,16-,17+,19+,20+/m0/s1. The summed E-state index contributed by atoms with van der Waals surface area (Å²) in [5.74, 6) is 2.45. The van der Waals surface area contributed by atoms with E-state index < -0.39 is 0 Å². The number of hydrogen-bond donors (Lipinski definition) is 0. The van der Waals surface area contributed by atoms with Crippen molar-refractivity contribution in [1.82, 2.24) is 4.90 Å². The zero-order valence-electron chi connectivity index (χ0n) is 14.5.